The van der Waals surface area contributed by atoms with Gasteiger partial charge in [0.25, 0.3) is 5.91 Å². The van der Waals surface area contributed by atoms with Crippen LogP contribution < -0.4 is 5.32 Å². The highest BCUT2D eigenvalue weighted by Gasteiger charge is 2.21. The molecule has 1 amide bonds. The zero-order valence-electron chi connectivity index (χ0n) is 12.5. The summed E-state index contributed by atoms with van der Waals surface area (Å²) in [6.07, 6.45) is 1.03. The minimum Gasteiger partial charge on any atom is -0.322 e. The first kappa shape index (κ1) is 13.8. The number of benzene rings is 2. The molecule has 2 aromatic rings. The van der Waals surface area contributed by atoms with Gasteiger partial charge in [-0.05, 0) is 55.8 Å². The molecular weight excluding hydrogens is 260 g/mol. The molecule has 0 aromatic heterocycles. The quantitative estimate of drug-likeness (QED) is 0.913. The van der Waals surface area contributed by atoms with Crippen molar-refractivity contribution in [2.45, 2.75) is 19.4 Å². The van der Waals surface area contributed by atoms with Crippen molar-refractivity contribution < 1.29 is 4.79 Å². The van der Waals surface area contributed by atoms with E-state index in [2.05, 4.69) is 36.3 Å². The summed E-state index contributed by atoms with van der Waals surface area (Å²) in [7, 11) is 2.15. The molecule has 3 heteroatoms. The first-order valence-corrected chi connectivity index (χ1v) is 7.34. The van der Waals surface area contributed by atoms with E-state index < -0.39 is 0 Å². The van der Waals surface area contributed by atoms with Crippen molar-refractivity contribution in [2.75, 3.05) is 18.9 Å². The molecule has 0 aliphatic carbocycles. The van der Waals surface area contributed by atoms with Crippen molar-refractivity contribution in [3.63, 3.8) is 0 Å². The normalized spacial score (nSPS) is 18.1. The summed E-state index contributed by atoms with van der Waals surface area (Å²) >= 11 is 0. The lowest BCUT2D eigenvalue weighted by atomic mass is 9.93. The van der Waals surface area contributed by atoms with Crippen molar-refractivity contribution >= 4 is 11.6 Å². The summed E-state index contributed by atoms with van der Waals surface area (Å²) in [5.41, 5.74) is 4.26. The molecule has 1 unspecified atom stereocenters. The third-order valence-electron chi connectivity index (χ3n) is 4.28. The van der Waals surface area contributed by atoms with E-state index in [-0.39, 0.29) is 5.91 Å². The fourth-order valence-electron chi connectivity index (χ4n) is 2.83. The number of carbonyl (C=O) groups is 1. The van der Waals surface area contributed by atoms with Crippen LogP contribution in [0.4, 0.5) is 5.69 Å². The predicted octanol–water partition coefficient (Wildman–Crippen LogP) is 3.49. The number of hydrogen-bond donors (Lipinski definition) is 1. The molecular formula is C18H20N2O. The molecule has 3 nitrogen and oxygen atoms in total. The Kier molecular flexibility index (Phi) is 3.76. The highest BCUT2D eigenvalue weighted by Crippen LogP contribution is 2.30. The molecule has 3 rings (SSSR count). The number of fused-ring (bicyclic) bond motifs is 1. The fraction of sp³-hybridized carbons (Fsp3) is 0.278. The number of amides is 1. The Hall–Kier alpha value is -2.13. The molecule has 1 N–H and O–H groups in total. The van der Waals surface area contributed by atoms with Crippen LogP contribution in [-0.4, -0.2) is 24.4 Å². The Bertz CT molecular complexity index is 652. The zero-order chi connectivity index (χ0) is 14.8. The molecule has 0 fully saturated rings. The van der Waals surface area contributed by atoms with Gasteiger partial charge in [0.05, 0.1) is 0 Å². The first-order chi connectivity index (χ1) is 10.1. The Balaban J connectivity index is 1.80. The van der Waals surface area contributed by atoms with Crippen molar-refractivity contribution in [1.82, 2.24) is 4.90 Å². The van der Waals surface area contributed by atoms with Gasteiger partial charge in [-0.1, -0.05) is 24.3 Å². The van der Waals surface area contributed by atoms with Gasteiger partial charge in [-0.15, -0.1) is 0 Å². The summed E-state index contributed by atoms with van der Waals surface area (Å²) in [5.74, 6) is -0.0588. The summed E-state index contributed by atoms with van der Waals surface area (Å²) in [5, 5.41) is 2.98. The fourth-order valence-corrected chi connectivity index (χ4v) is 2.83. The van der Waals surface area contributed by atoms with E-state index in [1.54, 1.807) is 0 Å². The second-order valence-corrected chi connectivity index (χ2v) is 5.64. The van der Waals surface area contributed by atoms with E-state index in [0.717, 1.165) is 18.7 Å². The highest BCUT2D eigenvalue weighted by atomic mass is 16.1. The lowest BCUT2D eigenvalue weighted by Gasteiger charge is -2.32. The molecule has 1 heterocycles. The van der Waals surface area contributed by atoms with Gasteiger partial charge in [0.2, 0.25) is 0 Å². The van der Waals surface area contributed by atoms with Crippen molar-refractivity contribution in [3.05, 3.63) is 65.2 Å². The lowest BCUT2D eigenvalue weighted by Crippen LogP contribution is -2.30. The second kappa shape index (κ2) is 5.70. The van der Waals surface area contributed by atoms with Gasteiger partial charge < -0.3 is 5.32 Å². The van der Waals surface area contributed by atoms with Crippen LogP contribution in [0, 0.1) is 0 Å². The van der Waals surface area contributed by atoms with E-state index in [4.69, 9.17) is 0 Å². The Labute approximate surface area is 125 Å². The minimum atomic E-state index is -0.0588. The van der Waals surface area contributed by atoms with Gasteiger partial charge in [-0.25, -0.2) is 0 Å². The van der Waals surface area contributed by atoms with Crippen molar-refractivity contribution in [3.8, 4) is 0 Å². The maximum Gasteiger partial charge on any atom is 0.255 e. The molecule has 108 valence electrons. The van der Waals surface area contributed by atoms with E-state index in [1.165, 1.54) is 11.1 Å². The zero-order valence-corrected chi connectivity index (χ0v) is 12.5. The number of rotatable bonds is 2. The van der Waals surface area contributed by atoms with Crippen LogP contribution >= 0.6 is 0 Å². The van der Waals surface area contributed by atoms with Crippen LogP contribution in [-0.2, 0) is 6.42 Å². The Morgan fingerprint density at radius 3 is 2.71 bits per heavy atom. The molecule has 21 heavy (non-hydrogen) atoms. The molecule has 0 radical (unpaired) electrons. The monoisotopic (exact) mass is 280 g/mol. The van der Waals surface area contributed by atoms with Crippen molar-refractivity contribution in [1.29, 1.82) is 0 Å². The summed E-state index contributed by atoms with van der Waals surface area (Å²) < 4.78 is 0. The second-order valence-electron chi connectivity index (χ2n) is 5.64. The first-order valence-electron chi connectivity index (χ1n) is 7.34. The summed E-state index contributed by atoms with van der Waals surface area (Å²) in [6, 6.07) is 16.0. The molecule has 0 saturated heterocycles. The van der Waals surface area contributed by atoms with Gasteiger partial charge in [0.15, 0.2) is 0 Å². The third-order valence-corrected chi connectivity index (χ3v) is 4.28. The van der Waals surface area contributed by atoms with Crippen molar-refractivity contribution in [2.24, 2.45) is 0 Å². The molecule has 1 aliphatic rings. The van der Waals surface area contributed by atoms with Crippen LogP contribution in [0.2, 0.25) is 0 Å². The SMILES string of the molecule is CC1c2ccc(NC(=O)c3ccccc3)cc2CCN1C. The molecule has 0 saturated carbocycles. The molecule has 1 atom stereocenters. The van der Waals surface area contributed by atoms with Gasteiger partial charge in [-0.2, -0.15) is 0 Å². The maximum absolute atomic E-state index is 12.2. The third kappa shape index (κ3) is 2.83. The van der Waals surface area contributed by atoms with E-state index in [0.29, 0.717) is 11.6 Å². The average molecular weight is 280 g/mol. The predicted molar refractivity (Wildman–Crippen MR) is 85.6 cm³/mol. The number of carbonyl (C=O) groups excluding carboxylic acids is 1. The number of anilines is 1. The lowest BCUT2D eigenvalue weighted by molar-refractivity contribution is 0.102. The van der Waals surface area contributed by atoms with Crippen LogP contribution in [0.1, 0.15) is 34.5 Å². The van der Waals surface area contributed by atoms with E-state index >= 15 is 0 Å². The van der Waals surface area contributed by atoms with Gasteiger partial charge in [0, 0.05) is 23.8 Å². The largest absolute Gasteiger partial charge is 0.322 e. The number of hydrogen-bond acceptors (Lipinski definition) is 2. The van der Waals surface area contributed by atoms with Crippen LogP contribution in [0.15, 0.2) is 48.5 Å². The minimum absolute atomic E-state index is 0.0588. The van der Waals surface area contributed by atoms with Gasteiger partial charge >= 0.3 is 0 Å². The van der Waals surface area contributed by atoms with Gasteiger partial charge in [0.1, 0.15) is 0 Å². The smallest absolute Gasteiger partial charge is 0.255 e. The van der Waals surface area contributed by atoms with E-state index in [1.807, 2.05) is 36.4 Å². The number of nitrogens with one attached hydrogen (secondary N) is 1. The Morgan fingerprint density at radius 2 is 1.95 bits per heavy atom. The molecule has 0 bridgehead atoms. The highest BCUT2D eigenvalue weighted by molar-refractivity contribution is 6.04. The average Bonchev–Trinajstić information content (AvgIpc) is 2.52. The van der Waals surface area contributed by atoms with E-state index in [9.17, 15) is 4.79 Å². The molecule has 2 aromatic carbocycles. The maximum atomic E-state index is 12.2. The summed E-state index contributed by atoms with van der Waals surface area (Å²) in [4.78, 5) is 14.5. The van der Waals surface area contributed by atoms with Crippen LogP contribution in [0.25, 0.3) is 0 Å². The number of likely N-dealkylation sites (N-methyl/N-ethyl adjacent to an activating group) is 1. The Morgan fingerprint density at radius 1 is 1.19 bits per heavy atom. The van der Waals surface area contributed by atoms with Crippen LogP contribution in [0.5, 0.6) is 0 Å². The standard InChI is InChI=1S/C18H20N2O/c1-13-17-9-8-16(12-15(17)10-11-20(13)2)19-18(21)14-6-4-3-5-7-14/h3-9,12-13H,10-11H2,1-2H3,(H,19,21). The number of nitrogens with zero attached hydrogens (tertiary/aromatic N) is 1. The molecule has 1 aliphatic heterocycles. The molecule has 0 spiro atoms. The van der Waals surface area contributed by atoms with Gasteiger partial charge in [-0.3, -0.25) is 9.69 Å². The topological polar surface area (TPSA) is 32.3 Å². The van der Waals surface area contributed by atoms with Crippen LogP contribution in [0.3, 0.4) is 0 Å². The summed E-state index contributed by atoms with van der Waals surface area (Å²) in [6.45, 7) is 3.28.